The third-order valence-electron chi connectivity index (χ3n) is 6.42. The molecule has 1 amide bonds. The lowest BCUT2D eigenvalue weighted by Crippen LogP contribution is -2.44. The summed E-state index contributed by atoms with van der Waals surface area (Å²) < 4.78 is 5.80. The lowest BCUT2D eigenvalue weighted by molar-refractivity contribution is -0.134. The van der Waals surface area contributed by atoms with Crippen LogP contribution in [0, 0.1) is 5.41 Å². The summed E-state index contributed by atoms with van der Waals surface area (Å²) in [5, 5.41) is 32.4. The van der Waals surface area contributed by atoms with Crippen LogP contribution in [0.3, 0.4) is 0 Å². The van der Waals surface area contributed by atoms with Crippen LogP contribution in [0.1, 0.15) is 31.2 Å². The van der Waals surface area contributed by atoms with Crippen molar-refractivity contribution < 1.29 is 34.8 Å². The van der Waals surface area contributed by atoms with Gasteiger partial charge in [0.15, 0.2) is 11.1 Å². The van der Waals surface area contributed by atoms with Crippen molar-refractivity contribution in [2.45, 2.75) is 38.3 Å². The number of ether oxygens (including phenoxy) is 1. The van der Waals surface area contributed by atoms with Crippen molar-refractivity contribution in [3.8, 4) is 17.0 Å². The van der Waals surface area contributed by atoms with Gasteiger partial charge in [-0.2, -0.15) is 0 Å². The molecule has 1 aromatic heterocycles. The summed E-state index contributed by atoms with van der Waals surface area (Å²) in [4.78, 5) is 38.3. The zero-order valence-corrected chi connectivity index (χ0v) is 27.0. The zero-order chi connectivity index (χ0) is 32.8. The van der Waals surface area contributed by atoms with Crippen molar-refractivity contribution in [3.05, 3.63) is 75.6 Å². The van der Waals surface area contributed by atoms with E-state index in [9.17, 15) is 14.4 Å². The second kappa shape index (κ2) is 19.3. The summed E-state index contributed by atoms with van der Waals surface area (Å²) >= 11 is 13.5. The maximum atomic E-state index is 12.4. The first kappa shape index (κ1) is 38.0. The molecular weight excluding hydrogens is 659 g/mol. The lowest BCUT2D eigenvalue weighted by atomic mass is 10.0. The van der Waals surface area contributed by atoms with Crippen molar-refractivity contribution in [2.75, 3.05) is 25.0 Å². The zero-order valence-electron chi connectivity index (χ0n) is 24.7. The molecule has 1 aliphatic heterocycles. The maximum absolute atomic E-state index is 12.4. The second-order valence-corrected chi connectivity index (χ2v) is 11.6. The minimum absolute atomic E-state index is 0. The van der Waals surface area contributed by atoms with Crippen LogP contribution in [-0.4, -0.2) is 75.1 Å². The number of carboxylic acids is 2. The molecule has 0 atom stereocenters. The number of carbonyl (C=O) groups is 3. The molecule has 248 valence electrons. The number of halogens is 2. The number of thiazole rings is 1. The number of likely N-dealkylation sites (tertiary alicyclic amines) is 1. The molecule has 0 radical (unpaired) electrons. The van der Waals surface area contributed by atoms with Crippen LogP contribution in [-0.2, 0) is 20.9 Å². The molecule has 3 aromatic rings. The number of aromatic nitrogens is 1. The predicted octanol–water partition coefficient (Wildman–Crippen LogP) is 4.25. The van der Waals surface area contributed by atoms with E-state index in [1.807, 2.05) is 47.8 Å². The Hall–Kier alpha value is -4.21. The molecule has 13 nitrogen and oxygen atoms in total. The highest BCUT2D eigenvalue weighted by Gasteiger charge is 2.21. The molecule has 2 aromatic carbocycles. The number of guanidine groups is 1. The standard InChI is InChI=1S/C26H30Cl2N6O2S.C4H4O4.H2O/c27-21-8-3-17(14-22(21)28)15-34-11-9-19(10-12-34)31-24(35)2-1-13-36-20-6-4-18(5-7-20)23-16-37-26(32-23)33-25(29)30;5-3(6)1-2-4(7)8;/h3-8,14,16,19H,1-2,9-13,15H2,(H,31,35)(H4,29,30,32,33);1-2H,(H,5,6)(H,7,8);1H2/b;2-1+;. The van der Waals surface area contributed by atoms with E-state index < -0.39 is 11.9 Å². The summed E-state index contributed by atoms with van der Waals surface area (Å²) in [6.07, 6.45) is 4.06. The van der Waals surface area contributed by atoms with Gasteiger partial charge >= 0.3 is 11.9 Å². The van der Waals surface area contributed by atoms with Crippen molar-refractivity contribution in [1.29, 1.82) is 5.41 Å². The number of nitrogens with two attached hydrogens (primary N) is 1. The van der Waals surface area contributed by atoms with Crippen molar-refractivity contribution in [2.24, 2.45) is 5.73 Å². The number of anilines is 1. The van der Waals surface area contributed by atoms with E-state index in [1.165, 1.54) is 11.3 Å². The van der Waals surface area contributed by atoms with Crippen LogP contribution in [0.15, 0.2) is 60.0 Å². The molecule has 0 saturated carbocycles. The number of benzene rings is 2. The molecule has 1 fully saturated rings. The Bertz CT molecular complexity index is 1480. The summed E-state index contributed by atoms with van der Waals surface area (Å²) in [7, 11) is 0. The minimum Gasteiger partial charge on any atom is -0.494 e. The van der Waals surface area contributed by atoms with Crippen molar-refractivity contribution in [1.82, 2.24) is 15.2 Å². The van der Waals surface area contributed by atoms with Crippen molar-refractivity contribution >= 4 is 63.5 Å². The first-order valence-electron chi connectivity index (χ1n) is 13.9. The van der Waals surface area contributed by atoms with Gasteiger partial charge in [0.2, 0.25) is 5.91 Å². The fourth-order valence-electron chi connectivity index (χ4n) is 4.30. The monoisotopic (exact) mass is 694 g/mol. The second-order valence-electron chi connectivity index (χ2n) is 9.93. The Labute approximate surface area is 279 Å². The predicted molar refractivity (Wildman–Crippen MR) is 179 cm³/mol. The topological polar surface area (TPSA) is 222 Å². The molecule has 0 spiro atoms. The van der Waals surface area contributed by atoms with E-state index >= 15 is 0 Å². The smallest absolute Gasteiger partial charge is 0.328 e. The molecule has 1 saturated heterocycles. The Balaban J connectivity index is 0.000000725. The van der Waals surface area contributed by atoms with Crippen LogP contribution >= 0.6 is 34.5 Å². The van der Waals surface area contributed by atoms with Gasteiger partial charge in [0.1, 0.15) is 5.75 Å². The number of amides is 1. The Morgan fingerprint density at radius 2 is 1.72 bits per heavy atom. The molecule has 2 heterocycles. The first-order chi connectivity index (χ1) is 21.5. The van der Waals surface area contributed by atoms with Crippen LogP contribution in [0.5, 0.6) is 5.75 Å². The van der Waals surface area contributed by atoms with Gasteiger partial charge in [-0.05, 0) is 61.2 Å². The summed E-state index contributed by atoms with van der Waals surface area (Å²) in [6.45, 7) is 3.16. The largest absolute Gasteiger partial charge is 0.494 e. The number of nitrogens with one attached hydrogen (secondary N) is 3. The minimum atomic E-state index is -1.26. The fraction of sp³-hybridized carbons (Fsp3) is 0.300. The average molecular weight is 696 g/mol. The third-order valence-corrected chi connectivity index (χ3v) is 7.92. The van der Waals surface area contributed by atoms with Gasteiger partial charge in [0.25, 0.3) is 0 Å². The quantitative estimate of drug-likeness (QED) is 0.0684. The number of hydrogen-bond donors (Lipinski definition) is 6. The normalized spacial score (nSPS) is 13.2. The highest BCUT2D eigenvalue weighted by atomic mass is 35.5. The summed E-state index contributed by atoms with van der Waals surface area (Å²) in [6, 6.07) is 13.6. The van der Waals surface area contributed by atoms with Crippen LogP contribution < -0.4 is 21.1 Å². The highest BCUT2D eigenvalue weighted by molar-refractivity contribution is 7.14. The molecular formula is C30H36Cl2N6O7S. The first-order valence-corrected chi connectivity index (χ1v) is 15.5. The van der Waals surface area contributed by atoms with E-state index in [-0.39, 0.29) is 23.4 Å². The number of aliphatic carboxylic acids is 2. The molecule has 1 aliphatic rings. The number of carboxylic acid groups (broad SMARTS) is 2. The molecule has 0 unspecified atom stereocenters. The Kier molecular flexibility index (Phi) is 16.0. The molecule has 16 heteroatoms. The van der Waals surface area contributed by atoms with E-state index in [0.717, 1.165) is 55.0 Å². The van der Waals surface area contributed by atoms with Crippen LogP contribution in [0.4, 0.5) is 5.13 Å². The van der Waals surface area contributed by atoms with Crippen LogP contribution in [0.25, 0.3) is 11.3 Å². The summed E-state index contributed by atoms with van der Waals surface area (Å²) in [5.41, 5.74) is 8.23. The van der Waals surface area contributed by atoms with E-state index in [4.69, 9.17) is 49.3 Å². The number of piperidine rings is 1. The Morgan fingerprint density at radius 1 is 1.07 bits per heavy atom. The van der Waals surface area contributed by atoms with E-state index in [2.05, 4.69) is 20.5 Å². The highest BCUT2D eigenvalue weighted by Crippen LogP contribution is 2.27. The maximum Gasteiger partial charge on any atom is 0.328 e. The van der Waals surface area contributed by atoms with Gasteiger partial charge in [-0.3, -0.25) is 15.1 Å². The van der Waals surface area contributed by atoms with Crippen molar-refractivity contribution in [3.63, 3.8) is 0 Å². The van der Waals surface area contributed by atoms with Gasteiger partial charge in [0, 0.05) is 55.2 Å². The SMILES string of the molecule is N=C(N)Nc1nc(-c2ccc(OCCCC(=O)NC3CCN(Cc4ccc(Cl)c(Cl)c4)CC3)cc2)cs1.O.O=C(O)/C=C/C(=O)O. The van der Waals surface area contributed by atoms with E-state index in [1.54, 1.807) is 0 Å². The van der Waals surface area contributed by atoms with Gasteiger partial charge < -0.3 is 36.8 Å². The molecule has 0 aliphatic carbocycles. The molecule has 0 bridgehead atoms. The van der Waals surface area contributed by atoms with E-state index in [0.29, 0.717) is 46.8 Å². The summed E-state index contributed by atoms with van der Waals surface area (Å²) in [5.74, 6) is -1.84. The molecule has 4 rings (SSSR count). The van der Waals surface area contributed by atoms with Gasteiger partial charge in [-0.25, -0.2) is 14.6 Å². The van der Waals surface area contributed by atoms with Gasteiger partial charge in [0.05, 0.1) is 22.3 Å². The molecule has 46 heavy (non-hydrogen) atoms. The number of carbonyl (C=O) groups excluding carboxylic acids is 1. The number of hydrogen-bond acceptors (Lipinski definition) is 8. The average Bonchev–Trinajstić information content (AvgIpc) is 3.45. The molecule has 9 N–H and O–H groups in total. The Morgan fingerprint density at radius 3 is 2.30 bits per heavy atom. The van der Waals surface area contributed by atoms with Gasteiger partial charge in [-0.15, -0.1) is 11.3 Å². The third kappa shape index (κ3) is 13.8. The number of nitrogens with zero attached hydrogens (tertiary/aromatic N) is 2. The number of rotatable bonds is 12. The lowest BCUT2D eigenvalue weighted by Gasteiger charge is -2.32. The fourth-order valence-corrected chi connectivity index (χ4v) is 5.35. The van der Waals surface area contributed by atoms with Crippen LogP contribution in [0.2, 0.25) is 10.0 Å². The van der Waals surface area contributed by atoms with Gasteiger partial charge in [-0.1, -0.05) is 29.3 Å².